The van der Waals surface area contributed by atoms with E-state index in [1.54, 1.807) is 0 Å². The predicted molar refractivity (Wildman–Crippen MR) is 81.6 cm³/mol. The highest BCUT2D eigenvalue weighted by Crippen LogP contribution is 2.27. The van der Waals surface area contributed by atoms with Gasteiger partial charge in [-0.1, -0.05) is 38.3 Å². The van der Waals surface area contributed by atoms with Gasteiger partial charge in [0.05, 0.1) is 0 Å². The van der Waals surface area contributed by atoms with Gasteiger partial charge in [-0.3, -0.25) is 4.90 Å². The van der Waals surface area contributed by atoms with E-state index in [0.717, 1.165) is 19.1 Å². The molecule has 0 amide bonds. The fourth-order valence-corrected chi connectivity index (χ4v) is 3.62. The minimum atomic E-state index is 0.819. The standard InChI is InChI=1S/C17H26N2/c1-2-19(16-6-4-3-5-7-16)13-14-8-9-15-10-11-18-17(15)12-14/h8-9,12,16,18H,2-7,10-11,13H2,1H3. The highest BCUT2D eigenvalue weighted by Gasteiger charge is 2.20. The Kier molecular flexibility index (Phi) is 4.07. The maximum Gasteiger partial charge on any atom is 0.0376 e. The summed E-state index contributed by atoms with van der Waals surface area (Å²) in [5.41, 5.74) is 4.34. The molecule has 3 rings (SSSR count). The van der Waals surface area contributed by atoms with Gasteiger partial charge < -0.3 is 5.32 Å². The summed E-state index contributed by atoms with van der Waals surface area (Å²) >= 11 is 0. The van der Waals surface area contributed by atoms with Crippen LogP contribution < -0.4 is 5.32 Å². The molecule has 1 aromatic carbocycles. The lowest BCUT2D eigenvalue weighted by atomic mass is 9.94. The van der Waals surface area contributed by atoms with Gasteiger partial charge in [0.25, 0.3) is 0 Å². The molecule has 1 aliphatic heterocycles. The van der Waals surface area contributed by atoms with Gasteiger partial charge in [-0.25, -0.2) is 0 Å². The van der Waals surface area contributed by atoms with E-state index in [4.69, 9.17) is 0 Å². The first-order valence-electron chi connectivity index (χ1n) is 7.96. The first-order valence-corrected chi connectivity index (χ1v) is 7.96. The van der Waals surface area contributed by atoms with Crippen molar-refractivity contribution in [1.82, 2.24) is 4.90 Å². The third-order valence-electron chi connectivity index (χ3n) is 4.77. The first-order chi connectivity index (χ1) is 9.36. The maximum absolute atomic E-state index is 3.49. The third kappa shape index (κ3) is 2.94. The molecule has 2 heteroatoms. The van der Waals surface area contributed by atoms with Crippen LogP contribution in [0.4, 0.5) is 5.69 Å². The Morgan fingerprint density at radius 3 is 2.84 bits per heavy atom. The number of fused-ring (bicyclic) bond motifs is 1. The van der Waals surface area contributed by atoms with Crippen LogP contribution in [-0.4, -0.2) is 24.0 Å². The van der Waals surface area contributed by atoms with Crippen LogP contribution in [-0.2, 0) is 13.0 Å². The largest absolute Gasteiger partial charge is 0.384 e. The lowest BCUT2D eigenvalue weighted by molar-refractivity contribution is 0.156. The first kappa shape index (κ1) is 13.0. The van der Waals surface area contributed by atoms with Crippen molar-refractivity contribution in [3.05, 3.63) is 29.3 Å². The summed E-state index contributed by atoms with van der Waals surface area (Å²) in [7, 11) is 0. The number of benzene rings is 1. The summed E-state index contributed by atoms with van der Waals surface area (Å²) in [5, 5.41) is 3.49. The number of nitrogens with zero attached hydrogens (tertiary/aromatic N) is 1. The molecule has 0 aromatic heterocycles. The Morgan fingerprint density at radius 1 is 1.21 bits per heavy atom. The van der Waals surface area contributed by atoms with E-state index in [0.29, 0.717) is 0 Å². The van der Waals surface area contributed by atoms with E-state index in [9.17, 15) is 0 Å². The van der Waals surface area contributed by atoms with E-state index in [2.05, 4.69) is 35.3 Å². The molecule has 1 fully saturated rings. The maximum atomic E-state index is 3.49. The van der Waals surface area contributed by atoms with Crippen LogP contribution in [0.5, 0.6) is 0 Å². The summed E-state index contributed by atoms with van der Waals surface area (Å²) in [6.45, 7) is 5.71. The molecule has 2 aliphatic rings. The van der Waals surface area contributed by atoms with Crippen LogP contribution >= 0.6 is 0 Å². The molecule has 19 heavy (non-hydrogen) atoms. The monoisotopic (exact) mass is 258 g/mol. The minimum Gasteiger partial charge on any atom is -0.384 e. The fraction of sp³-hybridized carbons (Fsp3) is 0.647. The van der Waals surface area contributed by atoms with Crippen LogP contribution in [0.2, 0.25) is 0 Å². The normalized spacial score (nSPS) is 19.5. The van der Waals surface area contributed by atoms with Crippen molar-refractivity contribution < 1.29 is 0 Å². The summed E-state index contributed by atoms with van der Waals surface area (Å²) in [6, 6.07) is 7.84. The molecular weight excluding hydrogens is 232 g/mol. The Hall–Kier alpha value is -1.02. The van der Waals surface area contributed by atoms with Crippen LogP contribution in [0.3, 0.4) is 0 Å². The fourth-order valence-electron chi connectivity index (χ4n) is 3.62. The van der Waals surface area contributed by atoms with Gasteiger partial charge in [0.2, 0.25) is 0 Å². The van der Waals surface area contributed by atoms with E-state index < -0.39 is 0 Å². The number of hydrogen-bond donors (Lipinski definition) is 1. The van der Waals surface area contributed by atoms with Crippen LogP contribution in [0, 0.1) is 0 Å². The van der Waals surface area contributed by atoms with Gasteiger partial charge in [-0.15, -0.1) is 0 Å². The van der Waals surface area contributed by atoms with Crippen molar-refractivity contribution in [1.29, 1.82) is 0 Å². The van der Waals surface area contributed by atoms with Gasteiger partial charge in [0, 0.05) is 24.8 Å². The molecule has 0 atom stereocenters. The van der Waals surface area contributed by atoms with Gasteiger partial charge in [-0.2, -0.15) is 0 Å². The lowest BCUT2D eigenvalue weighted by Crippen LogP contribution is -2.36. The zero-order valence-electron chi connectivity index (χ0n) is 12.1. The van der Waals surface area contributed by atoms with Crippen molar-refractivity contribution >= 4 is 5.69 Å². The topological polar surface area (TPSA) is 15.3 Å². The van der Waals surface area contributed by atoms with E-state index in [1.165, 1.54) is 61.9 Å². The Bertz CT molecular complexity index is 421. The second-order valence-electron chi connectivity index (χ2n) is 6.02. The molecule has 1 aliphatic carbocycles. The molecule has 1 N–H and O–H groups in total. The van der Waals surface area contributed by atoms with Gasteiger partial charge in [0.15, 0.2) is 0 Å². The molecule has 1 aromatic rings. The zero-order valence-corrected chi connectivity index (χ0v) is 12.1. The lowest BCUT2D eigenvalue weighted by Gasteiger charge is -2.33. The van der Waals surface area contributed by atoms with Crippen molar-refractivity contribution in [3.63, 3.8) is 0 Å². The second-order valence-corrected chi connectivity index (χ2v) is 6.02. The highest BCUT2D eigenvalue weighted by molar-refractivity contribution is 5.57. The van der Waals surface area contributed by atoms with Gasteiger partial charge in [0.1, 0.15) is 0 Å². The van der Waals surface area contributed by atoms with E-state index in [1.807, 2.05) is 0 Å². The SMILES string of the molecule is CCN(Cc1ccc2c(c1)NCC2)C1CCCCC1. The molecule has 0 radical (unpaired) electrons. The van der Waals surface area contributed by atoms with Crippen LogP contribution in [0.15, 0.2) is 18.2 Å². The van der Waals surface area contributed by atoms with Crippen molar-refractivity contribution in [2.24, 2.45) is 0 Å². The molecule has 0 bridgehead atoms. The minimum absolute atomic E-state index is 0.819. The molecule has 104 valence electrons. The van der Waals surface area contributed by atoms with Crippen LogP contribution in [0.25, 0.3) is 0 Å². The highest BCUT2D eigenvalue weighted by atomic mass is 15.1. The molecular formula is C17H26N2. The molecule has 1 saturated carbocycles. The average Bonchev–Trinajstić information content (AvgIpc) is 2.93. The molecule has 0 unspecified atom stereocenters. The predicted octanol–water partition coefficient (Wildman–Crippen LogP) is 3.81. The third-order valence-corrected chi connectivity index (χ3v) is 4.77. The second kappa shape index (κ2) is 5.96. The van der Waals surface area contributed by atoms with Crippen LogP contribution in [0.1, 0.15) is 50.2 Å². The number of anilines is 1. The number of rotatable bonds is 4. The summed E-state index contributed by atoms with van der Waals surface area (Å²) in [6.07, 6.45) is 8.28. The molecule has 0 saturated heterocycles. The average molecular weight is 258 g/mol. The molecule has 0 spiro atoms. The Morgan fingerprint density at radius 2 is 2.05 bits per heavy atom. The van der Waals surface area contributed by atoms with E-state index in [-0.39, 0.29) is 0 Å². The summed E-state index contributed by atoms with van der Waals surface area (Å²) in [5.74, 6) is 0. The van der Waals surface area contributed by atoms with Crippen molar-refractivity contribution in [2.45, 2.75) is 58.0 Å². The summed E-state index contributed by atoms with van der Waals surface area (Å²) in [4.78, 5) is 2.68. The van der Waals surface area contributed by atoms with Crippen molar-refractivity contribution in [2.75, 3.05) is 18.4 Å². The quantitative estimate of drug-likeness (QED) is 0.883. The molecule has 1 heterocycles. The van der Waals surface area contributed by atoms with Crippen molar-refractivity contribution in [3.8, 4) is 0 Å². The Balaban J connectivity index is 1.68. The summed E-state index contributed by atoms with van der Waals surface area (Å²) < 4.78 is 0. The number of hydrogen-bond acceptors (Lipinski definition) is 2. The van der Waals surface area contributed by atoms with Gasteiger partial charge in [-0.05, 0) is 43.0 Å². The van der Waals surface area contributed by atoms with E-state index >= 15 is 0 Å². The zero-order chi connectivity index (χ0) is 13.1. The van der Waals surface area contributed by atoms with Gasteiger partial charge >= 0.3 is 0 Å². The molecule has 2 nitrogen and oxygen atoms in total. The number of nitrogens with one attached hydrogen (secondary N) is 1. The smallest absolute Gasteiger partial charge is 0.0376 e. The Labute approximate surface area is 117 Å².